The number of hydrogen-bond acceptors (Lipinski definition) is 5. The number of amides is 2. The summed E-state index contributed by atoms with van der Waals surface area (Å²) in [5.74, 6) is -0.142. The lowest BCUT2D eigenvalue weighted by atomic mass is 10.2. The van der Waals surface area contributed by atoms with Gasteiger partial charge < -0.3 is 20.7 Å². The monoisotopic (exact) mass is 393 g/mol. The lowest BCUT2D eigenvalue weighted by Gasteiger charge is -2.10. The number of alkyl carbamates (subject to hydrolysis) is 1. The molecular formula is C18H20ClN3O3S. The number of carbonyl (C=O) groups excluding carboxylic acids is 2. The van der Waals surface area contributed by atoms with Gasteiger partial charge >= 0.3 is 6.09 Å². The molecule has 0 aromatic heterocycles. The highest BCUT2D eigenvalue weighted by atomic mass is 35.5. The van der Waals surface area contributed by atoms with E-state index < -0.39 is 6.09 Å². The fraction of sp³-hybridized carbons (Fsp3) is 0.333. The number of benzene rings is 1. The summed E-state index contributed by atoms with van der Waals surface area (Å²) in [7, 11) is 0. The van der Waals surface area contributed by atoms with Crippen molar-refractivity contribution in [3.63, 3.8) is 0 Å². The molecule has 138 valence electrons. The van der Waals surface area contributed by atoms with E-state index in [1.165, 1.54) is 0 Å². The van der Waals surface area contributed by atoms with Gasteiger partial charge in [-0.2, -0.15) is 0 Å². The molecule has 1 aromatic rings. The van der Waals surface area contributed by atoms with Crippen molar-refractivity contribution in [3.8, 4) is 0 Å². The molecule has 6 nitrogen and oxygen atoms in total. The standard InChI is InChI=1S/C18H20ClN3O3S/c19-16-10-13-15(26-16)9-14(22-13)17(23)20-7-4-8-21-18(24)25-11-12-5-2-1-3-6-12/h1-3,5-6,9-10,13,15,22H,4,7-8,11H2,(H,20,23)(H,21,24). The third-order valence-electron chi connectivity index (χ3n) is 3.93. The molecule has 3 N–H and O–H groups in total. The Morgan fingerprint density at radius 1 is 1.15 bits per heavy atom. The lowest BCUT2D eigenvalue weighted by Crippen LogP contribution is -2.35. The van der Waals surface area contributed by atoms with Crippen molar-refractivity contribution in [1.82, 2.24) is 16.0 Å². The SMILES string of the molecule is O=C(NCCCNC(=O)C1=CC2SC(Cl)=CC2N1)OCc1ccccc1. The summed E-state index contributed by atoms with van der Waals surface area (Å²) >= 11 is 7.49. The highest BCUT2D eigenvalue weighted by molar-refractivity contribution is 8.05. The summed E-state index contributed by atoms with van der Waals surface area (Å²) in [4.78, 5) is 23.7. The van der Waals surface area contributed by atoms with Gasteiger partial charge in [-0.25, -0.2) is 4.79 Å². The molecule has 26 heavy (non-hydrogen) atoms. The average molecular weight is 394 g/mol. The smallest absolute Gasteiger partial charge is 0.407 e. The first-order chi connectivity index (χ1) is 12.6. The lowest BCUT2D eigenvalue weighted by molar-refractivity contribution is -0.117. The van der Waals surface area contributed by atoms with Crippen LogP contribution in [0.3, 0.4) is 0 Å². The molecule has 2 aliphatic rings. The van der Waals surface area contributed by atoms with E-state index in [9.17, 15) is 9.59 Å². The van der Waals surface area contributed by atoms with Crippen LogP contribution in [0.4, 0.5) is 4.79 Å². The highest BCUT2D eigenvalue weighted by Gasteiger charge is 2.33. The van der Waals surface area contributed by atoms with Gasteiger partial charge in [0.25, 0.3) is 5.91 Å². The van der Waals surface area contributed by atoms with Gasteiger partial charge in [0.05, 0.1) is 21.4 Å². The van der Waals surface area contributed by atoms with Gasteiger partial charge in [0, 0.05) is 13.1 Å². The summed E-state index contributed by atoms with van der Waals surface area (Å²) in [6, 6.07) is 9.58. The molecule has 0 bridgehead atoms. The molecule has 1 aromatic carbocycles. The van der Waals surface area contributed by atoms with E-state index in [4.69, 9.17) is 16.3 Å². The van der Waals surface area contributed by atoms with Gasteiger partial charge in [0.1, 0.15) is 6.61 Å². The maximum absolute atomic E-state index is 12.1. The van der Waals surface area contributed by atoms with E-state index in [2.05, 4.69) is 16.0 Å². The second kappa shape index (κ2) is 9.00. The van der Waals surface area contributed by atoms with E-state index in [-0.39, 0.29) is 23.8 Å². The molecule has 3 rings (SSSR count). The van der Waals surface area contributed by atoms with E-state index in [0.29, 0.717) is 25.2 Å². The van der Waals surface area contributed by atoms with Crippen LogP contribution in [0.15, 0.2) is 52.5 Å². The number of nitrogens with one attached hydrogen (secondary N) is 3. The van der Waals surface area contributed by atoms with Gasteiger partial charge in [-0.15, -0.1) is 11.8 Å². The molecule has 2 atom stereocenters. The van der Waals surface area contributed by atoms with Crippen LogP contribution in [0.2, 0.25) is 0 Å². The summed E-state index contributed by atoms with van der Waals surface area (Å²) in [5.41, 5.74) is 1.51. The molecule has 0 fully saturated rings. The first kappa shape index (κ1) is 18.7. The van der Waals surface area contributed by atoms with E-state index >= 15 is 0 Å². The number of hydrogen-bond donors (Lipinski definition) is 3. The Hall–Kier alpha value is -2.12. The van der Waals surface area contributed by atoms with Gasteiger partial charge in [0.15, 0.2) is 0 Å². The van der Waals surface area contributed by atoms with Crippen LogP contribution >= 0.6 is 23.4 Å². The predicted octanol–water partition coefficient (Wildman–Crippen LogP) is 2.47. The third-order valence-corrected chi connectivity index (χ3v) is 5.39. The average Bonchev–Trinajstić information content (AvgIpc) is 3.18. The van der Waals surface area contributed by atoms with Crippen LogP contribution in [0.1, 0.15) is 12.0 Å². The van der Waals surface area contributed by atoms with Crippen molar-refractivity contribution in [3.05, 3.63) is 58.1 Å². The summed E-state index contributed by atoms with van der Waals surface area (Å²) in [5, 5.41) is 8.83. The quantitative estimate of drug-likeness (QED) is 0.620. The molecule has 2 amide bonds. The van der Waals surface area contributed by atoms with Crippen LogP contribution in [0.25, 0.3) is 0 Å². The Morgan fingerprint density at radius 3 is 2.69 bits per heavy atom. The minimum atomic E-state index is -0.464. The zero-order chi connectivity index (χ0) is 18.4. The maximum Gasteiger partial charge on any atom is 0.407 e. The fourth-order valence-corrected chi connectivity index (χ4v) is 4.05. The van der Waals surface area contributed by atoms with Crippen LogP contribution in [0, 0.1) is 0 Å². The molecule has 2 aliphatic heterocycles. The second-order valence-corrected chi connectivity index (χ2v) is 7.75. The Kier molecular flexibility index (Phi) is 6.46. The number of thioether (sulfide) groups is 1. The summed E-state index contributed by atoms with van der Waals surface area (Å²) in [6.07, 6.45) is 3.97. The number of carbonyl (C=O) groups is 2. The first-order valence-corrected chi connectivity index (χ1v) is 9.62. The van der Waals surface area contributed by atoms with Crippen molar-refractivity contribution >= 4 is 35.4 Å². The van der Waals surface area contributed by atoms with Crippen molar-refractivity contribution < 1.29 is 14.3 Å². The molecule has 8 heteroatoms. The van der Waals surface area contributed by atoms with Crippen LogP contribution in [-0.4, -0.2) is 36.4 Å². The zero-order valence-corrected chi connectivity index (χ0v) is 15.6. The third kappa shape index (κ3) is 5.19. The fourth-order valence-electron chi connectivity index (χ4n) is 2.62. The van der Waals surface area contributed by atoms with Crippen LogP contribution in [0.5, 0.6) is 0 Å². The Morgan fingerprint density at radius 2 is 1.92 bits per heavy atom. The Bertz CT molecular complexity index is 724. The number of halogens is 1. The van der Waals surface area contributed by atoms with E-state index in [1.807, 2.05) is 42.5 Å². The van der Waals surface area contributed by atoms with Crippen LogP contribution in [-0.2, 0) is 16.1 Å². The molecule has 0 saturated carbocycles. The van der Waals surface area contributed by atoms with Gasteiger partial charge in [0.2, 0.25) is 0 Å². The molecule has 0 aliphatic carbocycles. The Balaban J connectivity index is 1.26. The van der Waals surface area contributed by atoms with Crippen molar-refractivity contribution in [2.45, 2.75) is 24.3 Å². The molecule has 0 spiro atoms. The Labute approximate surface area is 161 Å². The maximum atomic E-state index is 12.1. The topological polar surface area (TPSA) is 79.5 Å². The minimum Gasteiger partial charge on any atom is -0.445 e. The summed E-state index contributed by atoms with van der Waals surface area (Å²) in [6.45, 7) is 1.14. The molecule has 0 saturated heterocycles. The predicted molar refractivity (Wildman–Crippen MR) is 103 cm³/mol. The molecule has 2 unspecified atom stereocenters. The van der Waals surface area contributed by atoms with Crippen molar-refractivity contribution in [1.29, 1.82) is 0 Å². The number of fused-ring (bicyclic) bond motifs is 1. The largest absolute Gasteiger partial charge is 0.445 e. The number of ether oxygens (including phenoxy) is 1. The van der Waals surface area contributed by atoms with Crippen molar-refractivity contribution in [2.24, 2.45) is 0 Å². The molecular weight excluding hydrogens is 374 g/mol. The molecule has 2 heterocycles. The second-order valence-electron chi connectivity index (χ2n) is 5.90. The molecule has 0 radical (unpaired) electrons. The van der Waals surface area contributed by atoms with Crippen molar-refractivity contribution in [2.75, 3.05) is 13.1 Å². The number of rotatable bonds is 7. The normalized spacial score (nSPS) is 20.5. The van der Waals surface area contributed by atoms with E-state index in [1.54, 1.807) is 11.8 Å². The van der Waals surface area contributed by atoms with Gasteiger partial charge in [-0.1, -0.05) is 41.9 Å². The zero-order valence-electron chi connectivity index (χ0n) is 14.0. The van der Waals surface area contributed by atoms with Gasteiger partial charge in [-0.05, 0) is 24.1 Å². The van der Waals surface area contributed by atoms with Gasteiger partial charge in [-0.3, -0.25) is 4.79 Å². The van der Waals surface area contributed by atoms with Crippen LogP contribution < -0.4 is 16.0 Å². The van der Waals surface area contributed by atoms with E-state index in [0.717, 1.165) is 9.93 Å². The highest BCUT2D eigenvalue weighted by Crippen LogP contribution is 2.39. The first-order valence-electron chi connectivity index (χ1n) is 8.37. The minimum absolute atomic E-state index is 0.0919. The summed E-state index contributed by atoms with van der Waals surface area (Å²) < 4.78 is 5.87.